The second-order valence-corrected chi connectivity index (χ2v) is 27.8. The minimum atomic E-state index is -1.96. The van der Waals surface area contributed by atoms with Gasteiger partial charge in [-0.05, 0) is 141 Å². The second-order valence-electron chi connectivity index (χ2n) is 27.4. The Hall–Kier alpha value is -4.57. The number of fused-ring (bicyclic) bond motifs is 5. The van der Waals surface area contributed by atoms with E-state index in [2.05, 4.69) is 5.32 Å². The molecular weight excluding hydrogens is 1180 g/mol. The predicted molar refractivity (Wildman–Crippen MR) is 327 cm³/mol. The summed E-state index contributed by atoms with van der Waals surface area (Å²) in [6.07, 6.45) is -6.75. The number of rotatable bonds is 17. The summed E-state index contributed by atoms with van der Waals surface area (Å²) in [6.45, 7) is 21.9. The summed E-state index contributed by atoms with van der Waals surface area (Å²) in [5.74, 6) is -6.78. The maximum atomic E-state index is 14.8. The van der Waals surface area contributed by atoms with E-state index in [-0.39, 0.29) is 81.1 Å². The average molecular weight is 1280 g/mol. The molecule has 0 radical (unpaired) electrons. The topological polar surface area (TPSA) is 288 Å². The van der Waals surface area contributed by atoms with Crippen molar-refractivity contribution in [1.82, 2.24) is 14.4 Å². The Morgan fingerprint density at radius 2 is 1.58 bits per heavy atom. The number of hydrogen-bond acceptors (Lipinski definition) is 23. The maximum absolute atomic E-state index is 14.8. The summed E-state index contributed by atoms with van der Waals surface area (Å²) in [5.41, 5.74) is -5.60. The number of likely N-dealkylation sites (N-methyl/N-ethyl adjacent to an activating group) is 2. The van der Waals surface area contributed by atoms with Crippen LogP contribution in [-0.2, 0) is 71.3 Å². The number of hydrogen-bond donors (Lipinski definition) is 4. The van der Waals surface area contributed by atoms with Crippen molar-refractivity contribution in [2.45, 2.75) is 231 Å². The number of aliphatic hydroxyl groups is 3. The standard InChI is InChI=1S/C64H99ClN4O20/c1-18-47-64(13,78)53(72)37(6)68(16)30-39-28-62(11,77)54(89-59-52(88-56(73)34(39)3)46(67(14)15)25-33(2)83-59)35(4)51(36(5)57(74)85-47)87-49-29-63(12,79-17)55(38(7)84-49)86-48(70)21-23-80-24-22-66-44-26-41-45(27-43(44)65)69(40-19-20-40)31-42(50(41)71)58(75)81-32-82-60(76)61(8,9)10/h26-27,31,33-40,46-47,49,51-55,59,66,72,77-78H,18-25,28-30,32H2,1-17H3/t33-,34?,35+,36-,37-,38+,39-,46+,47-,49+,51+,52-,53-,54-,55+,59?,62-,63-,64-/m1/s1. The lowest BCUT2D eigenvalue weighted by molar-refractivity contribution is -0.321. The predicted octanol–water partition coefficient (Wildman–Crippen LogP) is 6.16. The van der Waals surface area contributed by atoms with E-state index in [1.54, 1.807) is 95.3 Å². The first-order valence-corrected chi connectivity index (χ1v) is 31.7. The molecule has 24 nitrogen and oxygen atoms in total. The van der Waals surface area contributed by atoms with Crippen molar-refractivity contribution in [3.8, 4) is 0 Å². The van der Waals surface area contributed by atoms with Crippen LogP contribution in [0.1, 0.15) is 151 Å². The Balaban J connectivity index is 1.06. The molecule has 1 saturated carbocycles. The van der Waals surface area contributed by atoms with E-state index in [1.807, 2.05) is 35.4 Å². The molecule has 4 N–H and O–H groups in total. The number of aromatic nitrogens is 1. The molecule has 19 atom stereocenters. The number of esters is 5. The lowest BCUT2D eigenvalue weighted by Crippen LogP contribution is -2.62. The third-order valence-electron chi connectivity index (χ3n) is 18.9. The summed E-state index contributed by atoms with van der Waals surface area (Å²) in [7, 11) is 7.01. The third-order valence-corrected chi connectivity index (χ3v) is 19.2. The summed E-state index contributed by atoms with van der Waals surface area (Å²) >= 11 is 6.74. The smallest absolute Gasteiger partial charge is 0.346 e. The third kappa shape index (κ3) is 16.6. The van der Waals surface area contributed by atoms with E-state index in [4.69, 9.17) is 63.7 Å². The molecule has 5 heterocycles. The second kappa shape index (κ2) is 29.2. The summed E-state index contributed by atoms with van der Waals surface area (Å²) in [5, 5.41) is 40.9. The Morgan fingerprint density at radius 1 is 0.910 bits per heavy atom. The van der Waals surface area contributed by atoms with E-state index >= 15 is 0 Å². The molecule has 1 aromatic carbocycles. The van der Waals surface area contributed by atoms with Gasteiger partial charge in [-0.2, -0.15) is 0 Å². The molecule has 25 heteroatoms. The molecule has 5 fully saturated rings. The van der Waals surface area contributed by atoms with E-state index in [0.717, 1.165) is 12.8 Å². The fourth-order valence-electron chi connectivity index (χ4n) is 13.0. The van der Waals surface area contributed by atoms with Gasteiger partial charge in [-0.15, -0.1) is 0 Å². The minimum absolute atomic E-state index is 0.0130. The monoisotopic (exact) mass is 1280 g/mol. The zero-order chi connectivity index (χ0) is 66.0. The number of ether oxygens (including phenoxy) is 11. The van der Waals surface area contributed by atoms with Gasteiger partial charge in [0, 0.05) is 56.2 Å². The molecule has 4 aliphatic heterocycles. The van der Waals surface area contributed by atoms with Gasteiger partial charge in [0.1, 0.15) is 29.0 Å². The van der Waals surface area contributed by atoms with Gasteiger partial charge < -0.3 is 87.1 Å². The number of carbonyl (C=O) groups is 5. The number of benzene rings is 1. The van der Waals surface area contributed by atoms with Crippen LogP contribution in [0.15, 0.2) is 23.1 Å². The van der Waals surface area contributed by atoms with Crippen molar-refractivity contribution >= 4 is 58.0 Å². The van der Waals surface area contributed by atoms with Crippen LogP contribution in [-0.4, -0.2) is 211 Å². The largest absolute Gasteiger partial charge is 0.459 e. The molecule has 89 heavy (non-hydrogen) atoms. The quantitative estimate of drug-likeness (QED) is 0.0597. The minimum Gasteiger partial charge on any atom is -0.459 e. The number of nitrogens with one attached hydrogen (secondary N) is 1. The molecule has 1 aliphatic carbocycles. The Labute approximate surface area is 528 Å². The van der Waals surface area contributed by atoms with Crippen LogP contribution in [0.5, 0.6) is 0 Å². The van der Waals surface area contributed by atoms with Crippen LogP contribution in [0.2, 0.25) is 5.02 Å². The molecule has 0 spiro atoms. The van der Waals surface area contributed by atoms with Gasteiger partial charge in [-0.1, -0.05) is 32.4 Å². The van der Waals surface area contributed by atoms with Crippen LogP contribution in [0.3, 0.4) is 0 Å². The molecule has 502 valence electrons. The molecule has 2 bridgehead atoms. The average Bonchev–Trinajstić information content (AvgIpc) is 1.76. The van der Waals surface area contributed by atoms with Gasteiger partial charge >= 0.3 is 29.8 Å². The Bertz CT molecular complexity index is 2880. The lowest BCUT2D eigenvalue weighted by Gasteiger charge is -2.50. The Kier molecular flexibility index (Phi) is 23.5. The molecule has 5 aliphatic rings. The summed E-state index contributed by atoms with van der Waals surface area (Å²) in [6, 6.07) is 2.21. The fourth-order valence-corrected chi connectivity index (χ4v) is 13.2. The van der Waals surface area contributed by atoms with Gasteiger partial charge in [0.25, 0.3) is 0 Å². The molecule has 2 unspecified atom stereocenters. The van der Waals surface area contributed by atoms with Gasteiger partial charge in [-0.25, -0.2) is 4.79 Å². The number of aliphatic hydroxyl groups excluding tert-OH is 1. The SMILES string of the molecule is CC[C@H]1OC(=O)[C@H](C)[C@@H](O[C@H]2C[C@@](C)(OC)[C@@H](OC(=O)CCOCCNc3cc4c(=O)c(C(=O)OCOC(=O)C(C)(C)C)cn(C5CC5)c4cc3Cl)[C@H](C)O2)[C@H](C)[C@H]2OC3O[C@H](C)C[C@H](N(C)C)[C@H]3OC(=O)C(C)[C@@H](CN(C)[C@H](C)[C@@H](O)[C@]1(C)O)C[C@@]2(C)O. The van der Waals surface area contributed by atoms with Crippen LogP contribution in [0, 0.1) is 29.1 Å². The van der Waals surface area contributed by atoms with Crippen molar-refractivity contribution < 1.29 is 91.4 Å². The van der Waals surface area contributed by atoms with Crippen molar-refractivity contribution in [2.75, 3.05) is 66.7 Å². The highest BCUT2D eigenvalue weighted by atomic mass is 35.5. The van der Waals surface area contributed by atoms with Crippen LogP contribution < -0.4 is 10.7 Å². The Morgan fingerprint density at radius 3 is 2.21 bits per heavy atom. The van der Waals surface area contributed by atoms with Crippen LogP contribution >= 0.6 is 11.6 Å². The van der Waals surface area contributed by atoms with E-state index in [0.29, 0.717) is 22.6 Å². The van der Waals surface area contributed by atoms with Gasteiger partial charge in [0.15, 0.2) is 24.8 Å². The number of carbonyl (C=O) groups excluding carboxylic acids is 5. The molecule has 2 aromatic rings. The van der Waals surface area contributed by atoms with Crippen molar-refractivity contribution in [3.63, 3.8) is 0 Å². The molecule has 0 amide bonds. The number of anilines is 1. The van der Waals surface area contributed by atoms with E-state index < -0.39 is 149 Å². The number of cyclic esters (lactones) is 1. The number of nitrogens with zero attached hydrogens (tertiary/aromatic N) is 3. The van der Waals surface area contributed by atoms with E-state index in [9.17, 15) is 44.1 Å². The molecule has 1 aromatic heterocycles. The first kappa shape index (κ1) is 71.9. The highest BCUT2D eigenvalue weighted by molar-refractivity contribution is 6.34. The van der Waals surface area contributed by atoms with Crippen molar-refractivity contribution in [1.29, 1.82) is 0 Å². The van der Waals surface area contributed by atoms with Crippen LogP contribution in [0.4, 0.5) is 5.69 Å². The van der Waals surface area contributed by atoms with Gasteiger partial charge in [0.05, 0.1) is 89.2 Å². The summed E-state index contributed by atoms with van der Waals surface area (Å²) in [4.78, 5) is 85.7. The van der Waals surface area contributed by atoms with Gasteiger partial charge in [0.2, 0.25) is 12.2 Å². The molecule has 7 rings (SSSR count). The van der Waals surface area contributed by atoms with Crippen LogP contribution in [0.25, 0.3) is 10.9 Å². The fraction of sp³-hybridized carbons (Fsp3) is 0.781. The number of halogens is 1. The maximum Gasteiger partial charge on any atom is 0.346 e. The highest BCUT2D eigenvalue weighted by Crippen LogP contribution is 2.44. The highest BCUT2D eigenvalue weighted by Gasteiger charge is 2.56. The number of pyridine rings is 1. The lowest BCUT2D eigenvalue weighted by atomic mass is 9.74. The zero-order valence-corrected chi connectivity index (χ0v) is 55.8. The summed E-state index contributed by atoms with van der Waals surface area (Å²) < 4.78 is 69.8. The van der Waals surface area contributed by atoms with Gasteiger partial charge in [-0.3, -0.25) is 24.0 Å². The van der Waals surface area contributed by atoms with Crippen molar-refractivity contribution in [3.05, 3.63) is 39.1 Å². The normalized spacial score (nSPS) is 36.2. The van der Waals surface area contributed by atoms with E-state index in [1.165, 1.54) is 20.2 Å². The first-order valence-electron chi connectivity index (χ1n) is 31.4. The number of methoxy groups -OCH3 is 1. The van der Waals surface area contributed by atoms with Crippen molar-refractivity contribution in [2.24, 2.45) is 29.1 Å². The molecular formula is C64H99ClN4O20. The zero-order valence-electron chi connectivity index (χ0n) is 55.0. The molecule has 4 saturated heterocycles. The first-order chi connectivity index (χ1) is 41.5.